The number of rotatable bonds is 3. The Labute approximate surface area is 66.0 Å². The summed E-state index contributed by atoms with van der Waals surface area (Å²) in [5.41, 5.74) is 0. The smallest absolute Gasteiger partial charge is 0.248 e. The van der Waals surface area contributed by atoms with Crippen LogP contribution in [0.2, 0.25) is 0 Å². The van der Waals surface area contributed by atoms with Gasteiger partial charge in [0.15, 0.2) is 0 Å². The topological polar surface area (TPSA) is 38.8 Å². The van der Waals surface area contributed by atoms with Crippen molar-refractivity contribution >= 4 is 5.91 Å². The molecule has 64 valence electrons. The average molecular weight is 159 g/mol. The van der Waals surface area contributed by atoms with Crippen LogP contribution in [0.25, 0.3) is 0 Å². The van der Waals surface area contributed by atoms with Crippen molar-refractivity contribution in [3.05, 3.63) is 0 Å². The van der Waals surface area contributed by atoms with E-state index in [1.54, 1.807) is 7.11 Å². The van der Waals surface area contributed by atoms with Gasteiger partial charge >= 0.3 is 0 Å². The predicted octanol–water partition coefficient (Wildman–Crippen LogP) is 0.185. The van der Waals surface area contributed by atoms with Crippen molar-refractivity contribution in [3.63, 3.8) is 0 Å². The SMILES string of the molecule is COCC(C)N1OCCC1=O. The summed E-state index contributed by atoms with van der Waals surface area (Å²) in [6.45, 7) is 2.92. The zero-order valence-corrected chi connectivity index (χ0v) is 6.87. The van der Waals surface area contributed by atoms with Crippen LogP contribution in [0.3, 0.4) is 0 Å². The van der Waals surface area contributed by atoms with E-state index < -0.39 is 0 Å². The summed E-state index contributed by atoms with van der Waals surface area (Å²) >= 11 is 0. The molecule has 4 heteroatoms. The van der Waals surface area contributed by atoms with E-state index in [9.17, 15) is 4.79 Å². The van der Waals surface area contributed by atoms with Gasteiger partial charge in [-0.15, -0.1) is 0 Å². The monoisotopic (exact) mass is 159 g/mol. The van der Waals surface area contributed by atoms with Gasteiger partial charge < -0.3 is 4.74 Å². The second-order valence-electron chi connectivity index (χ2n) is 2.61. The summed E-state index contributed by atoms with van der Waals surface area (Å²) in [7, 11) is 1.61. The zero-order chi connectivity index (χ0) is 8.27. The number of carbonyl (C=O) groups excluding carboxylic acids is 1. The van der Waals surface area contributed by atoms with Crippen LogP contribution in [-0.4, -0.2) is 37.3 Å². The Bertz CT molecular complexity index is 149. The average Bonchev–Trinajstić information content (AvgIpc) is 2.36. The van der Waals surface area contributed by atoms with Crippen molar-refractivity contribution < 1.29 is 14.4 Å². The molecule has 1 amide bonds. The number of ether oxygens (including phenoxy) is 1. The van der Waals surface area contributed by atoms with E-state index in [0.717, 1.165) is 0 Å². The van der Waals surface area contributed by atoms with Gasteiger partial charge in [-0.1, -0.05) is 0 Å². The molecule has 0 spiro atoms. The summed E-state index contributed by atoms with van der Waals surface area (Å²) in [6, 6.07) is 0.0231. The number of hydrogen-bond acceptors (Lipinski definition) is 3. The Kier molecular flexibility index (Phi) is 2.84. The van der Waals surface area contributed by atoms with Gasteiger partial charge in [0.25, 0.3) is 0 Å². The molecule has 0 aromatic rings. The molecule has 1 rings (SSSR count). The standard InChI is InChI=1S/C7H13NO3/c1-6(5-10-2)8-7(9)3-4-11-8/h6H,3-5H2,1-2H3. The lowest BCUT2D eigenvalue weighted by Gasteiger charge is -2.21. The Morgan fingerprint density at radius 1 is 1.82 bits per heavy atom. The number of amides is 1. The first-order valence-corrected chi connectivity index (χ1v) is 3.69. The first-order valence-electron chi connectivity index (χ1n) is 3.69. The molecule has 1 heterocycles. The number of hydrogen-bond donors (Lipinski definition) is 0. The molecule has 1 aliphatic rings. The second kappa shape index (κ2) is 3.69. The molecule has 1 saturated heterocycles. The van der Waals surface area contributed by atoms with E-state index in [2.05, 4.69) is 0 Å². The van der Waals surface area contributed by atoms with E-state index >= 15 is 0 Å². The van der Waals surface area contributed by atoms with Crippen LogP contribution in [0.5, 0.6) is 0 Å². The van der Waals surface area contributed by atoms with E-state index in [0.29, 0.717) is 19.6 Å². The first kappa shape index (κ1) is 8.49. The van der Waals surface area contributed by atoms with Crippen LogP contribution in [-0.2, 0) is 14.4 Å². The molecule has 4 nitrogen and oxygen atoms in total. The van der Waals surface area contributed by atoms with E-state index in [1.807, 2.05) is 6.92 Å². The Hall–Kier alpha value is -0.610. The minimum Gasteiger partial charge on any atom is -0.382 e. The molecule has 0 radical (unpaired) electrons. The highest BCUT2D eigenvalue weighted by Gasteiger charge is 2.26. The third-order valence-electron chi connectivity index (χ3n) is 1.60. The highest BCUT2D eigenvalue weighted by atomic mass is 16.7. The molecule has 0 aliphatic carbocycles. The molecule has 0 bridgehead atoms. The lowest BCUT2D eigenvalue weighted by atomic mass is 10.3. The highest BCUT2D eigenvalue weighted by molar-refractivity contribution is 5.76. The molecule has 0 aromatic carbocycles. The van der Waals surface area contributed by atoms with E-state index in [1.165, 1.54) is 5.06 Å². The zero-order valence-electron chi connectivity index (χ0n) is 6.87. The minimum absolute atomic E-state index is 0.0231. The molecule has 0 saturated carbocycles. The maximum absolute atomic E-state index is 11.0. The van der Waals surface area contributed by atoms with Crippen molar-refractivity contribution in [2.45, 2.75) is 19.4 Å². The maximum Gasteiger partial charge on any atom is 0.248 e. The van der Waals surface area contributed by atoms with Crippen LogP contribution in [0.15, 0.2) is 0 Å². The molecular formula is C7H13NO3. The first-order chi connectivity index (χ1) is 5.25. The summed E-state index contributed by atoms with van der Waals surface area (Å²) in [6.07, 6.45) is 0.494. The van der Waals surface area contributed by atoms with Crippen molar-refractivity contribution in [2.75, 3.05) is 20.3 Å². The lowest BCUT2D eigenvalue weighted by molar-refractivity contribution is -0.176. The minimum atomic E-state index is 0.0231. The quantitative estimate of drug-likeness (QED) is 0.590. The number of nitrogens with zero attached hydrogens (tertiary/aromatic N) is 1. The number of hydroxylamine groups is 2. The third-order valence-corrected chi connectivity index (χ3v) is 1.60. The van der Waals surface area contributed by atoms with Crippen molar-refractivity contribution in [1.82, 2.24) is 5.06 Å². The molecule has 1 atom stereocenters. The molecule has 0 aromatic heterocycles. The van der Waals surface area contributed by atoms with Crippen molar-refractivity contribution in [2.24, 2.45) is 0 Å². The van der Waals surface area contributed by atoms with Gasteiger partial charge in [-0.25, -0.2) is 5.06 Å². The number of methoxy groups -OCH3 is 1. The molecule has 1 unspecified atom stereocenters. The van der Waals surface area contributed by atoms with Gasteiger partial charge in [0.05, 0.1) is 25.7 Å². The summed E-state index contributed by atoms with van der Waals surface area (Å²) in [5, 5.41) is 1.39. The fourth-order valence-corrected chi connectivity index (χ4v) is 1.10. The normalized spacial score (nSPS) is 20.9. The van der Waals surface area contributed by atoms with Gasteiger partial charge in [0, 0.05) is 7.11 Å². The largest absolute Gasteiger partial charge is 0.382 e. The molecule has 0 N–H and O–H groups in total. The van der Waals surface area contributed by atoms with Crippen LogP contribution < -0.4 is 0 Å². The summed E-state index contributed by atoms with van der Waals surface area (Å²) in [5.74, 6) is 0.0505. The lowest BCUT2D eigenvalue weighted by Crippen LogP contribution is -2.35. The van der Waals surface area contributed by atoms with Gasteiger partial charge in [-0.05, 0) is 6.92 Å². The third kappa shape index (κ3) is 1.91. The van der Waals surface area contributed by atoms with E-state index in [-0.39, 0.29) is 11.9 Å². The van der Waals surface area contributed by atoms with Crippen LogP contribution in [0.1, 0.15) is 13.3 Å². The fourth-order valence-electron chi connectivity index (χ4n) is 1.10. The van der Waals surface area contributed by atoms with Gasteiger partial charge in [-0.2, -0.15) is 0 Å². The molecular weight excluding hydrogens is 146 g/mol. The van der Waals surface area contributed by atoms with Gasteiger partial charge in [-0.3, -0.25) is 9.63 Å². The Balaban J connectivity index is 2.39. The van der Waals surface area contributed by atoms with Crippen LogP contribution in [0, 0.1) is 0 Å². The Morgan fingerprint density at radius 3 is 3.00 bits per heavy atom. The van der Waals surface area contributed by atoms with E-state index in [4.69, 9.17) is 9.57 Å². The van der Waals surface area contributed by atoms with Crippen molar-refractivity contribution in [1.29, 1.82) is 0 Å². The Morgan fingerprint density at radius 2 is 2.55 bits per heavy atom. The fraction of sp³-hybridized carbons (Fsp3) is 0.857. The molecule has 1 aliphatic heterocycles. The van der Waals surface area contributed by atoms with Gasteiger partial charge in [0.2, 0.25) is 5.91 Å². The van der Waals surface area contributed by atoms with Crippen LogP contribution in [0.4, 0.5) is 0 Å². The maximum atomic E-state index is 11.0. The highest BCUT2D eigenvalue weighted by Crippen LogP contribution is 2.10. The second-order valence-corrected chi connectivity index (χ2v) is 2.61. The summed E-state index contributed by atoms with van der Waals surface area (Å²) in [4.78, 5) is 16.1. The van der Waals surface area contributed by atoms with Gasteiger partial charge in [0.1, 0.15) is 0 Å². The predicted molar refractivity (Wildman–Crippen MR) is 38.8 cm³/mol. The van der Waals surface area contributed by atoms with Crippen LogP contribution >= 0.6 is 0 Å². The number of carbonyl (C=O) groups is 1. The molecule has 1 fully saturated rings. The summed E-state index contributed by atoms with van der Waals surface area (Å²) < 4.78 is 4.89. The molecule has 11 heavy (non-hydrogen) atoms. The van der Waals surface area contributed by atoms with Crippen molar-refractivity contribution in [3.8, 4) is 0 Å².